The Morgan fingerprint density at radius 3 is 2.36 bits per heavy atom. The summed E-state index contributed by atoms with van der Waals surface area (Å²) >= 11 is 6.10. The summed E-state index contributed by atoms with van der Waals surface area (Å²) in [6.45, 7) is 7.52. The van der Waals surface area contributed by atoms with E-state index >= 15 is 0 Å². The molecular formula is C29H29ClFN5O5S. The van der Waals surface area contributed by atoms with Crippen molar-refractivity contribution >= 4 is 44.3 Å². The summed E-state index contributed by atoms with van der Waals surface area (Å²) in [4.78, 5) is 29.0. The number of pyridine rings is 1. The van der Waals surface area contributed by atoms with Gasteiger partial charge in [0.2, 0.25) is 15.7 Å². The molecule has 10 nitrogen and oxygen atoms in total. The highest BCUT2D eigenvalue weighted by atomic mass is 35.5. The number of nitrogens with zero attached hydrogens (tertiary/aromatic N) is 5. The van der Waals surface area contributed by atoms with Gasteiger partial charge < -0.3 is 19.3 Å². The van der Waals surface area contributed by atoms with E-state index in [9.17, 15) is 17.6 Å². The molecule has 0 spiro atoms. The maximum absolute atomic E-state index is 13.6. The van der Waals surface area contributed by atoms with E-state index in [0.717, 1.165) is 23.6 Å². The minimum atomic E-state index is -4.21. The summed E-state index contributed by atoms with van der Waals surface area (Å²) < 4.78 is 51.5. The smallest absolute Gasteiger partial charge is 0.410 e. The number of ether oxygens (including phenoxy) is 2. The standard InChI is InChI=1S/C29H29ClFN5O5S/c1-29(2,3)41-28(37)36-11-9-35(10-12-36)26-21-13-18(5-7-23(21)33-17-34-26)19-14-25(27(40-4)32-16-19)42(38,39)24-8-6-20(31)15-22(24)30/h5-8,13-17H,9-12H2,1-4H3. The average Bonchev–Trinajstić information content (AvgIpc) is 2.95. The maximum atomic E-state index is 13.6. The zero-order valence-corrected chi connectivity index (χ0v) is 25.0. The molecule has 0 N–H and O–H groups in total. The summed E-state index contributed by atoms with van der Waals surface area (Å²) in [5, 5.41) is 0.504. The van der Waals surface area contributed by atoms with Crippen molar-refractivity contribution in [2.24, 2.45) is 0 Å². The highest BCUT2D eigenvalue weighted by Gasteiger charge is 2.29. The van der Waals surface area contributed by atoms with Crippen LogP contribution >= 0.6 is 11.6 Å². The molecule has 2 aromatic heterocycles. The number of fused-ring (bicyclic) bond motifs is 1. The Labute approximate surface area is 248 Å². The quantitative estimate of drug-likeness (QED) is 0.274. The van der Waals surface area contributed by atoms with Crippen molar-refractivity contribution in [3.8, 4) is 17.0 Å². The SMILES string of the molecule is COc1ncc(-c2ccc3ncnc(N4CCN(C(=O)OC(C)(C)C)CC4)c3c2)cc1S(=O)(=O)c1ccc(F)cc1Cl. The number of methoxy groups -OCH3 is 1. The van der Waals surface area contributed by atoms with Crippen molar-refractivity contribution in [2.75, 3.05) is 38.2 Å². The zero-order chi connectivity index (χ0) is 30.2. The molecule has 3 heterocycles. The van der Waals surface area contributed by atoms with Crippen LogP contribution in [0.1, 0.15) is 20.8 Å². The van der Waals surface area contributed by atoms with Gasteiger partial charge in [-0.05, 0) is 62.7 Å². The number of halogens is 2. The number of benzene rings is 2. The lowest BCUT2D eigenvalue weighted by atomic mass is 10.0. The van der Waals surface area contributed by atoms with E-state index in [-0.39, 0.29) is 26.8 Å². The highest BCUT2D eigenvalue weighted by molar-refractivity contribution is 7.91. The van der Waals surface area contributed by atoms with Crippen LogP contribution < -0.4 is 9.64 Å². The Morgan fingerprint density at radius 1 is 0.952 bits per heavy atom. The number of sulfone groups is 1. The fourth-order valence-corrected chi connectivity index (χ4v) is 6.57. The second kappa shape index (κ2) is 11.3. The van der Waals surface area contributed by atoms with E-state index in [1.807, 2.05) is 39.0 Å². The molecule has 0 unspecified atom stereocenters. The van der Waals surface area contributed by atoms with Crippen LogP contribution in [0.25, 0.3) is 22.0 Å². The number of anilines is 1. The number of hydrogen-bond acceptors (Lipinski definition) is 9. The van der Waals surface area contributed by atoms with Gasteiger partial charge >= 0.3 is 6.09 Å². The van der Waals surface area contributed by atoms with Crippen LogP contribution in [-0.2, 0) is 14.6 Å². The molecule has 4 aromatic rings. The summed E-state index contributed by atoms with van der Waals surface area (Å²) in [6.07, 6.45) is 2.65. The van der Waals surface area contributed by atoms with Gasteiger partial charge in [-0.1, -0.05) is 17.7 Å². The molecule has 42 heavy (non-hydrogen) atoms. The van der Waals surface area contributed by atoms with Gasteiger partial charge in [-0.25, -0.2) is 32.6 Å². The highest BCUT2D eigenvalue weighted by Crippen LogP contribution is 2.36. The van der Waals surface area contributed by atoms with Crippen molar-refractivity contribution in [3.05, 3.63) is 65.8 Å². The molecule has 1 aliphatic heterocycles. The first-order valence-electron chi connectivity index (χ1n) is 13.1. The Balaban J connectivity index is 1.48. The predicted molar refractivity (Wildman–Crippen MR) is 156 cm³/mol. The van der Waals surface area contributed by atoms with E-state index in [0.29, 0.717) is 48.6 Å². The van der Waals surface area contributed by atoms with Crippen molar-refractivity contribution in [1.29, 1.82) is 0 Å². The first-order chi connectivity index (χ1) is 19.9. The molecule has 5 rings (SSSR count). The van der Waals surface area contributed by atoms with Gasteiger partial charge in [-0.2, -0.15) is 0 Å². The Hall–Kier alpha value is -4.03. The van der Waals surface area contributed by atoms with Gasteiger partial charge in [0, 0.05) is 43.3 Å². The normalized spacial score (nSPS) is 14.2. The van der Waals surface area contributed by atoms with Crippen LogP contribution in [0.15, 0.2) is 64.8 Å². The van der Waals surface area contributed by atoms with Gasteiger partial charge in [-0.15, -0.1) is 0 Å². The van der Waals surface area contributed by atoms with Crippen LogP contribution in [-0.4, -0.2) is 73.3 Å². The number of amides is 1. The van der Waals surface area contributed by atoms with Gasteiger partial charge in [0.15, 0.2) is 0 Å². The third-order valence-electron chi connectivity index (χ3n) is 6.66. The molecule has 220 valence electrons. The molecule has 2 aromatic carbocycles. The van der Waals surface area contributed by atoms with Crippen LogP contribution in [0.2, 0.25) is 5.02 Å². The minimum absolute atomic E-state index is 0.119. The van der Waals surface area contributed by atoms with Gasteiger partial charge in [0.05, 0.1) is 22.5 Å². The Morgan fingerprint density at radius 2 is 1.69 bits per heavy atom. The number of carbonyl (C=O) groups is 1. The average molecular weight is 614 g/mol. The van der Waals surface area contributed by atoms with Crippen molar-refractivity contribution in [3.63, 3.8) is 0 Å². The molecule has 1 saturated heterocycles. The molecular weight excluding hydrogens is 585 g/mol. The third-order valence-corrected chi connectivity index (χ3v) is 8.89. The minimum Gasteiger partial charge on any atom is -0.480 e. The van der Waals surface area contributed by atoms with Crippen LogP contribution in [0.3, 0.4) is 0 Å². The molecule has 1 fully saturated rings. The van der Waals surface area contributed by atoms with Crippen molar-refractivity contribution in [1.82, 2.24) is 19.9 Å². The fraction of sp³-hybridized carbons (Fsp3) is 0.310. The first-order valence-corrected chi connectivity index (χ1v) is 15.0. The van der Waals surface area contributed by atoms with Gasteiger partial charge in [0.1, 0.15) is 28.5 Å². The third kappa shape index (κ3) is 5.95. The number of aromatic nitrogens is 3. The van der Waals surface area contributed by atoms with Crippen molar-refractivity contribution < 1.29 is 27.1 Å². The lowest BCUT2D eigenvalue weighted by Crippen LogP contribution is -2.50. The lowest BCUT2D eigenvalue weighted by molar-refractivity contribution is 0.0240. The second-order valence-electron chi connectivity index (χ2n) is 10.7. The largest absolute Gasteiger partial charge is 0.480 e. The van der Waals surface area contributed by atoms with E-state index in [4.69, 9.17) is 21.1 Å². The summed E-state index contributed by atoms with van der Waals surface area (Å²) in [5.41, 5.74) is 1.29. The second-order valence-corrected chi connectivity index (χ2v) is 13.0. The molecule has 0 saturated carbocycles. The van der Waals surface area contributed by atoms with Crippen LogP contribution in [0.4, 0.5) is 15.0 Å². The van der Waals surface area contributed by atoms with E-state index in [1.165, 1.54) is 25.7 Å². The number of hydrogen-bond donors (Lipinski definition) is 0. The van der Waals surface area contributed by atoms with Crippen LogP contribution in [0.5, 0.6) is 5.88 Å². The molecule has 1 aliphatic rings. The lowest BCUT2D eigenvalue weighted by Gasteiger charge is -2.36. The van der Waals surface area contributed by atoms with Gasteiger partial charge in [-0.3, -0.25) is 0 Å². The zero-order valence-electron chi connectivity index (χ0n) is 23.5. The summed E-state index contributed by atoms with van der Waals surface area (Å²) in [7, 11) is -2.90. The van der Waals surface area contributed by atoms with E-state index in [2.05, 4.69) is 19.9 Å². The van der Waals surface area contributed by atoms with Crippen LogP contribution in [0, 0.1) is 5.82 Å². The number of piperazine rings is 1. The number of rotatable bonds is 5. The fourth-order valence-electron chi connectivity index (χ4n) is 4.65. The number of carbonyl (C=O) groups excluding carboxylic acids is 1. The topological polar surface area (TPSA) is 115 Å². The monoisotopic (exact) mass is 613 g/mol. The van der Waals surface area contributed by atoms with E-state index < -0.39 is 21.3 Å². The predicted octanol–water partition coefficient (Wildman–Crippen LogP) is 5.38. The molecule has 0 bridgehead atoms. The maximum Gasteiger partial charge on any atom is 0.410 e. The molecule has 0 radical (unpaired) electrons. The molecule has 0 atom stereocenters. The Kier molecular flexibility index (Phi) is 7.95. The Bertz CT molecular complexity index is 1770. The van der Waals surface area contributed by atoms with E-state index in [1.54, 1.807) is 4.90 Å². The first kappa shape index (κ1) is 29.5. The van der Waals surface area contributed by atoms with Crippen molar-refractivity contribution in [2.45, 2.75) is 36.2 Å². The molecule has 13 heteroatoms. The molecule has 1 amide bonds. The summed E-state index contributed by atoms with van der Waals surface area (Å²) in [5.74, 6) is -0.0804. The molecule has 0 aliphatic carbocycles. The van der Waals surface area contributed by atoms with Gasteiger partial charge in [0.25, 0.3) is 0 Å². The summed E-state index contributed by atoms with van der Waals surface area (Å²) in [6, 6.07) is 10.0.